The zero-order valence-electron chi connectivity index (χ0n) is 11.3. The van der Waals surface area contributed by atoms with Gasteiger partial charge >= 0.3 is 18.0 Å². The van der Waals surface area contributed by atoms with Crippen LogP contribution >= 0.6 is 0 Å². The first-order valence-electron chi connectivity index (χ1n) is 6.33. The third kappa shape index (κ3) is 3.84. The van der Waals surface area contributed by atoms with Gasteiger partial charge < -0.3 is 20.1 Å². The van der Waals surface area contributed by atoms with Crippen LogP contribution in [0.25, 0.3) is 0 Å². The molecule has 7 heteroatoms. The highest BCUT2D eigenvalue weighted by Gasteiger charge is 2.43. The van der Waals surface area contributed by atoms with E-state index in [-0.39, 0.29) is 13.2 Å². The monoisotopic (exact) mass is 272 g/mol. The van der Waals surface area contributed by atoms with Gasteiger partial charge in [-0.15, -0.1) is 0 Å². The lowest BCUT2D eigenvalue weighted by Crippen LogP contribution is -2.56. The highest BCUT2D eigenvalue weighted by atomic mass is 16.5. The molecule has 1 fully saturated rings. The molecule has 0 aromatic heterocycles. The van der Waals surface area contributed by atoms with Gasteiger partial charge in [-0.1, -0.05) is 12.8 Å². The number of urea groups is 1. The number of aliphatic carboxylic acids is 1. The predicted molar refractivity (Wildman–Crippen MR) is 66.6 cm³/mol. The quantitative estimate of drug-likeness (QED) is 0.714. The molecule has 1 saturated carbocycles. The van der Waals surface area contributed by atoms with Crippen LogP contribution in [0, 0.1) is 0 Å². The Bertz CT molecular complexity index is 363. The van der Waals surface area contributed by atoms with E-state index in [0.29, 0.717) is 12.8 Å². The van der Waals surface area contributed by atoms with Gasteiger partial charge in [0.25, 0.3) is 0 Å². The molecule has 1 aliphatic carbocycles. The van der Waals surface area contributed by atoms with Gasteiger partial charge in [-0.25, -0.2) is 9.59 Å². The number of rotatable bonds is 5. The number of nitrogens with zero attached hydrogens (tertiary/aromatic N) is 1. The summed E-state index contributed by atoms with van der Waals surface area (Å²) in [6.45, 7) is 1.72. The van der Waals surface area contributed by atoms with Crippen LogP contribution in [0.5, 0.6) is 0 Å². The lowest BCUT2D eigenvalue weighted by molar-refractivity contribution is -0.144. The van der Waals surface area contributed by atoms with Crippen LogP contribution in [-0.4, -0.2) is 53.7 Å². The molecule has 108 valence electrons. The minimum Gasteiger partial charge on any atom is -0.480 e. The molecule has 1 aliphatic rings. The molecule has 2 N–H and O–H groups in total. The zero-order valence-corrected chi connectivity index (χ0v) is 11.3. The first kappa shape index (κ1) is 15.3. The van der Waals surface area contributed by atoms with Crippen LogP contribution in [0.15, 0.2) is 0 Å². The summed E-state index contributed by atoms with van der Waals surface area (Å²) in [5.74, 6) is -1.54. The Morgan fingerprint density at radius 2 is 1.89 bits per heavy atom. The first-order chi connectivity index (χ1) is 8.91. The van der Waals surface area contributed by atoms with Crippen molar-refractivity contribution in [3.63, 3.8) is 0 Å². The summed E-state index contributed by atoms with van der Waals surface area (Å²) in [5, 5.41) is 11.8. The van der Waals surface area contributed by atoms with E-state index in [4.69, 9.17) is 4.74 Å². The summed E-state index contributed by atoms with van der Waals surface area (Å²) in [4.78, 5) is 35.5. The summed E-state index contributed by atoms with van der Waals surface area (Å²) in [5.41, 5.74) is -1.19. The van der Waals surface area contributed by atoms with E-state index in [1.165, 1.54) is 7.05 Å². The summed E-state index contributed by atoms with van der Waals surface area (Å²) < 4.78 is 4.73. The van der Waals surface area contributed by atoms with Gasteiger partial charge in [-0.3, -0.25) is 4.79 Å². The number of hydrogen-bond donors (Lipinski definition) is 2. The van der Waals surface area contributed by atoms with Crippen molar-refractivity contribution in [3.8, 4) is 0 Å². The van der Waals surface area contributed by atoms with Gasteiger partial charge in [0.2, 0.25) is 0 Å². The van der Waals surface area contributed by atoms with E-state index in [1.54, 1.807) is 6.92 Å². The van der Waals surface area contributed by atoms with E-state index < -0.39 is 23.5 Å². The summed E-state index contributed by atoms with van der Waals surface area (Å²) in [7, 11) is 1.43. The third-order valence-electron chi connectivity index (χ3n) is 3.23. The van der Waals surface area contributed by atoms with Crippen LogP contribution in [-0.2, 0) is 14.3 Å². The molecule has 0 heterocycles. The Morgan fingerprint density at radius 3 is 2.37 bits per heavy atom. The predicted octanol–water partition coefficient (Wildman–Crippen LogP) is 0.588. The second-order valence-electron chi connectivity index (χ2n) is 4.69. The topological polar surface area (TPSA) is 95.9 Å². The Morgan fingerprint density at radius 1 is 1.32 bits per heavy atom. The number of carboxylic acids is 1. The smallest absolute Gasteiger partial charge is 0.329 e. The fraction of sp³-hybridized carbons (Fsp3) is 0.750. The Balaban J connectivity index is 2.57. The van der Waals surface area contributed by atoms with E-state index in [2.05, 4.69) is 5.32 Å². The maximum atomic E-state index is 11.9. The minimum atomic E-state index is -1.19. The molecule has 0 spiro atoms. The molecule has 0 aromatic carbocycles. The molecule has 0 aliphatic heterocycles. The highest BCUT2D eigenvalue weighted by molar-refractivity contribution is 5.88. The van der Waals surface area contributed by atoms with Gasteiger partial charge in [-0.05, 0) is 19.8 Å². The van der Waals surface area contributed by atoms with Crippen molar-refractivity contribution in [2.45, 2.75) is 38.1 Å². The van der Waals surface area contributed by atoms with Gasteiger partial charge in [0.15, 0.2) is 0 Å². The normalized spacial score (nSPS) is 16.7. The van der Waals surface area contributed by atoms with Crippen molar-refractivity contribution in [1.29, 1.82) is 0 Å². The number of amides is 2. The van der Waals surface area contributed by atoms with Crippen molar-refractivity contribution in [2.24, 2.45) is 0 Å². The molecule has 0 radical (unpaired) electrons. The standard InChI is InChI=1S/C12H20N2O5/c1-3-19-9(15)8-14(2)11(18)13-12(10(16)17)6-4-5-7-12/h3-8H2,1-2H3,(H,13,18)(H,16,17). The van der Waals surface area contributed by atoms with Crippen LogP contribution in [0.4, 0.5) is 4.79 Å². The molecular formula is C12H20N2O5. The van der Waals surface area contributed by atoms with Crippen LogP contribution < -0.4 is 5.32 Å². The van der Waals surface area contributed by atoms with Crippen LogP contribution in [0.3, 0.4) is 0 Å². The molecular weight excluding hydrogens is 252 g/mol. The van der Waals surface area contributed by atoms with Gasteiger partial charge in [0, 0.05) is 7.05 Å². The molecule has 0 saturated heterocycles. The Kier molecular flexibility index (Phi) is 5.14. The molecule has 7 nitrogen and oxygen atoms in total. The zero-order chi connectivity index (χ0) is 14.5. The number of carbonyl (C=O) groups excluding carboxylic acids is 2. The third-order valence-corrected chi connectivity index (χ3v) is 3.23. The van der Waals surface area contributed by atoms with E-state index >= 15 is 0 Å². The van der Waals surface area contributed by atoms with Crippen molar-refractivity contribution < 1.29 is 24.2 Å². The second-order valence-corrected chi connectivity index (χ2v) is 4.69. The van der Waals surface area contributed by atoms with Gasteiger partial charge in [0.05, 0.1) is 6.61 Å². The Hall–Kier alpha value is -1.79. The largest absolute Gasteiger partial charge is 0.480 e. The van der Waals surface area contributed by atoms with Crippen molar-refractivity contribution in [3.05, 3.63) is 0 Å². The van der Waals surface area contributed by atoms with Crippen LogP contribution in [0.1, 0.15) is 32.6 Å². The van der Waals surface area contributed by atoms with Gasteiger partial charge in [0.1, 0.15) is 12.1 Å². The highest BCUT2D eigenvalue weighted by Crippen LogP contribution is 2.30. The second kappa shape index (κ2) is 6.40. The maximum absolute atomic E-state index is 11.9. The molecule has 0 aromatic rings. The molecule has 0 bridgehead atoms. The summed E-state index contributed by atoms with van der Waals surface area (Å²) >= 11 is 0. The Labute approximate surface area is 111 Å². The minimum absolute atomic E-state index is 0.199. The number of ether oxygens (including phenoxy) is 1. The molecule has 0 unspecified atom stereocenters. The number of carboxylic acid groups (broad SMARTS) is 1. The fourth-order valence-electron chi connectivity index (χ4n) is 2.14. The molecule has 0 atom stereocenters. The average molecular weight is 272 g/mol. The molecule has 19 heavy (non-hydrogen) atoms. The molecule has 1 rings (SSSR count). The SMILES string of the molecule is CCOC(=O)CN(C)C(=O)NC1(C(=O)O)CCCC1. The van der Waals surface area contributed by atoms with Crippen molar-refractivity contribution in [2.75, 3.05) is 20.2 Å². The lowest BCUT2D eigenvalue weighted by atomic mass is 9.98. The van der Waals surface area contributed by atoms with E-state index in [1.807, 2.05) is 0 Å². The van der Waals surface area contributed by atoms with E-state index in [0.717, 1.165) is 17.7 Å². The number of nitrogens with one attached hydrogen (secondary N) is 1. The van der Waals surface area contributed by atoms with Crippen molar-refractivity contribution >= 4 is 18.0 Å². The molecule has 2 amide bonds. The number of esters is 1. The number of hydrogen-bond acceptors (Lipinski definition) is 4. The average Bonchev–Trinajstić information content (AvgIpc) is 2.79. The van der Waals surface area contributed by atoms with E-state index in [9.17, 15) is 19.5 Å². The summed E-state index contributed by atoms with van der Waals surface area (Å²) in [6, 6.07) is -0.572. The summed E-state index contributed by atoms with van der Waals surface area (Å²) in [6.07, 6.45) is 2.38. The van der Waals surface area contributed by atoms with Crippen molar-refractivity contribution in [1.82, 2.24) is 10.2 Å². The lowest BCUT2D eigenvalue weighted by Gasteiger charge is -2.28. The number of likely N-dealkylation sites (N-methyl/N-ethyl adjacent to an activating group) is 1. The fourth-order valence-corrected chi connectivity index (χ4v) is 2.14. The maximum Gasteiger partial charge on any atom is 0.329 e. The number of carbonyl (C=O) groups is 3. The first-order valence-corrected chi connectivity index (χ1v) is 6.33. The van der Waals surface area contributed by atoms with Crippen LogP contribution in [0.2, 0.25) is 0 Å². The van der Waals surface area contributed by atoms with Gasteiger partial charge in [-0.2, -0.15) is 0 Å².